The Morgan fingerprint density at radius 3 is 1.63 bits per heavy atom. The van der Waals surface area contributed by atoms with E-state index in [-0.39, 0.29) is 0 Å². The van der Waals surface area contributed by atoms with E-state index in [2.05, 4.69) is 86.8 Å². The molecule has 0 aliphatic heterocycles. The summed E-state index contributed by atoms with van der Waals surface area (Å²) in [6, 6.07) is 21.6. The number of allylic oxidation sites excluding steroid dienone is 3. The van der Waals surface area contributed by atoms with Crippen molar-refractivity contribution in [2.45, 2.75) is 13.5 Å². The van der Waals surface area contributed by atoms with Gasteiger partial charge in [0.05, 0.1) is 0 Å². The second kappa shape index (κ2) is 5.85. The van der Waals surface area contributed by atoms with Crippen LogP contribution in [0.2, 0.25) is 6.55 Å². The summed E-state index contributed by atoms with van der Waals surface area (Å²) >= 11 is 0. The SMILES string of the molecule is C=CC(=CC)[Si](C)(c1ccccc1)c1ccccc1. The first kappa shape index (κ1) is 13.6. The predicted octanol–water partition coefficient (Wildman–Crippen LogP) is 3.55. The lowest BCUT2D eigenvalue weighted by Crippen LogP contribution is -2.57. The lowest BCUT2D eigenvalue weighted by atomic mass is 10.4. The average molecular weight is 264 g/mol. The Labute approximate surface area is 117 Å². The molecule has 0 aromatic heterocycles. The van der Waals surface area contributed by atoms with Gasteiger partial charge in [-0.1, -0.05) is 91.1 Å². The molecule has 0 spiro atoms. The van der Waals surface area contributed by atoms with Crippen LogP contribution in [0.4, 0.5) is 0 Å². The zero-order valence-corrected chi connectivity index (χ0v) is 12.6. The van der Waals surface area contributed by atoms with Gasteiger partial charge in [-0.3, -0.25) is 0 Å². The summed E-state index contributed by atoms with van der Waals surface area (Å²) in [5.41, 5.74) is 0. The Kier molecular flexibility index (Phi) is 4.18. The zero-order valence-electron chi connectivity index (χ0n) is 11.6. The van der Waals surface area contributed by atoms with Gasteiger partial charge in [0.25, 0.3) is 0 Å². The van der Waals surface area contributed by atoms with Gasteiger partial charge in [-0.15, -0.1) is 0 Å². The molecule has 0 heterocycles. The monoisotopic (exact) mass is 264 g/mol. The van der Waals surface area contributed by atoms with Gasteiger partial charge in [0.15, 0.2) is 0 Å². The van der Waals surface area contributed by atoms with Crippen LogP contribution >= 0.6 is 0 Å². The summed E-state index contributed by atoms with van der Waals surface area (Å²) in [5.74, 6) is 0. The van der Waals surface area contributed by atoms with Crippen LogP contribution in [0.15, 0.2) is 84.6 Å². The van der Waals surface area contributed by atoms with Crippen molar-refractivity contribution >= 4 is 18.4 Å². The van der Waals surface area contributed by atoms with Gasteiger partial charge in [0, 0.05) is 0 Å². The third-order valence-corrected chi connectivity index (χ3v) is 8.43. The Morgan fingerprint density at radius 1 is 0.895 bits per heavy atom. The minimum absolute atomic E-state index is 1.37. The summed E-state index contributed by atoms with van der Waals surface area (Å²) in [7, 11) is -1.89. The summed E-state index contributed by atoms with van der Waals surface area (Å²) in [6.45, 7) is 8.52. The van der Waals surface area contributed by atoms with E-state index in [0.29, 0.717) is 0 Å². The molecule has 0 saturated heterocycles. The van der Waals surface area contributed by atoms with Gasteiger partial charge < -0.3 is 0 Å². The third-order valence-electron chi connectivity index (χ3n) is 3.81. The maximum absolute atomic E-state index is 4.02. The molecule has 0 unspecified atom stereocenters. The molecule has 2 aromatic carbocycles. The predicted molar refractivity (Wildman–Crippen MR) is 87.7 cm³/mol. The third kappa shape index (κ3) is 2.47. The van der Waals surface area contributed by atoms with Gasteiger partial charge in [-0.05, 0) is 17.3 Å². The molecule has 1 heteroatoms. The molecule has 96 valence electrons. The second-order valence-electron chi connectivity index (χ2n) is 4.81. The number of hydrogen-bond donors (Lipinski definition) is 0. The van der Waals surface area contributed by atoms with Crippen molar-refractivity contribution in [3.05, 3.63) is 84.6 Å². The van der Waals surface area contributed by atoms with Crippen LogP contribution in [0.5, 0.6) is 0 Å². The standard InChI is InChI=1S/C18H20Si/c1-4-16(5-2)19(3,17-12-8-6-9-13-17)18-14-10-7-11-15-18/h4-15H,1H2,2-3H3. The number of rotatable bonds is 4. The van der Waals surface area contributed by atoms with E-state index in [1.165, 1.54) is 15.6 Å². The Bertz CT molecular complexity index is 528. The van der Waals surface area contributed by atoms with Crippen LogP contribution < -0.4 is 10.4 Å². The van der Waals surface area contributed by atoms with Crippen LogP contribution in [0, 0.1) is 0 Å². The smallest absolute Gasteiger partial charge is 0.0992 e. The summed E-state index contributed by atoms with van der Waals surface area (Å²) in [5, 5.41) is 4.22. The van der Waals surface area contributed by atoms with Gasteiger partial charge in [-0.2, -0.15) is 0 Å². The van der Waals surface area contributed by atoms with Crippen LogP contribution in [0.25, 0.3) is 0 Å². The highest BCUT2D eigenvalue weighted by molar-refractivity contribution is 7.06. The van der Waals surface area contributed by atoms with Crippen molar-refractivity contribution in [3.63, 3.8) is 0 Å². The topological polar surface area (TPSA) is 0 Å². The molecule has 0 radical (unpaired) electrons. The minimum atomic E-state index is -1.89. The fraction of sp³-hybridized carbons (Fsp3) is 0.111. The molecule has 0 aliphatic rings. The number of hydrogen-bond acceptors (Lipinski definition) is 0. The molecule has 0 nitrogen and oxygen atoms in total. The molecule has 0 N–H and O–H groups in total. The molecule has 0 saturated carbocycles. The fourth-order valence-electron chi connectivity index (χ4n) is 2.65. The molecule has 19 heavy (non-hydrogen) atoms. The summed E-state index contributed by atoms with van der Waals surface area (Å²) in [4.78, 5) is 0. The lowest BCUT2D eigenvalue weighted by molar-refractivity contribution is 1.61. The van der Waals surface area contributed by atoms with Gasteiger partial charge in [0.1, 0.15) is 8.07 Å². The molecular formula is C18H20Si. The lowest BCUT2D eigenvalue weighted by Gasteiger charge is -2.30. The first-order valence-electron chi connectivity index (χ1n) is 6.63. The zero-order chi connectivity index (χ0) is 13.7. The molecule has 2 aromatic rings. The molecule has 0 aliphatic carbocycles. The van der Waals surface area contributed by atoms with Crippen molar-refractivity contribution in [3.8, 4) is 0 Å². The molecule has 0 bridgehead atoms. The molecule has 0 atom stereocenters. The maximum Gasteiger partial charge on any atom is 0.144 e. The summed E-state index contributed by atoms with van der Waals surface area (Å²) < 4.78 is 0. The molecule has 0 fully saturated rings. The van der Waals surface area contributed by atoms with E-state index in [1.807, 2.05) is 6.08 Å². The van der Waals surface area contributed by atoms with E-state index in [1.54, 1.807) is 0 Å². The highest BCUT2D eigenvalue weighted by Crippen LogP contribution is 2.16. The molecular weight excluding hydrogens is 244 g/mol. The highest BCUT2D eigenvalue weighted by Gasteiger charge is 2.33. The first-order valence-corrected chi connectivity index (χ1v) is 9.13. The van der Waals surface area contributed by atoms with E-state index in [4.69, 9.17) is 0 Å². The second-order valence-corrected chi connectivity index (χ2v) is 8.79. The Morgan fingerprint density at radius 2 is 1.32 bits per heavy atom. The van der Waals surface area contributed by atoms with E-state index in [9.17, 15) is 0 Å². The van der Waals surface area contributed by atoms with Crippen molar-refractivity contribution < 1.29 is 0 Å². The largest absolute Gasteiger partial charge is 0.144 e. The maximum atomic E-state index is 4.02. The van der Waals surface area contributed by atoms with Gasteiger partial charge >= 0.3 is 0 Å². The summed E-state index contributed by atoms with van der Waals surface area (Å²) in [6.07, 6.45) is 4.23. The van der Waals surface area contributed by atoms with Crippen LogP contribution in [-0.2, 0) is 0 Å². The van der Waals surface area contributed by atoms with Crippen molar-refractivity contribution in [1.82, 2.24) is 0 Å². The first-order chi connectivity index (χ1) is 9.23. The highest BCUT2D eigenvalue weighted by atomic mass is 28.3. The Balaban J connectivity index is 2.67. The van der Waals surface area contributed by atoms with Gasteiger partial charge in [-0.25, -0.2) is 0 Å². The number of benzene rings is 2. The van der Waals surface area contributed by atoms with Crippen molar-refractivity contribution in [1.29, 1.82) is 0 Å². The quantitative estimate of drug-likeness (QED) is 0.585. The minimum Gasteiger partial charge on any atom is -0.0992 e. The van der Waals surface area contributed by atoms with E-state index >= 15 is 0 Å². The fourth-order valence-corrected chi connectivity index (χ4v) is 6.36. The van der Waals surface area contributed by atoms with E-state index < -0.39 is 8.07 Å². The average Bonchev–Trinajstić information content (AvgIpc) is 2.50. The van der Waals surface area contributed by atoms with Gasteiger partial charge in [0.2, 0.25) is 0 Å². The van der Waals surface area contributed by atoms with Crippen molar-refractivity contribution in [2.24, 2.45) is 0 Å². The van der Waals surface area contributed by atoms with Crippen LogP contribution in [0.3, 0.4) is 0 Å². The van der Waals surface area contributed by atoms with Crippen LogP contribution in [0.1, 0.15) is 6.92 Å². The normalized spacial score (nSPS) is 12.2. The van der Waals surface area contributed by atoms with E-state index in [0.717, 1.165) is 0 Å². The Hall–Kier alpha value is -1.86. The van der Waals surface area contributed by atoms with Crippen LogP contribution in [-0.4, -0.2) is 8.07 Å². The molecule has 0 amide bonds. The molecule has 2 rings (SSSR count). The van der Waals surface area contributed by atoms with Crippen molar-refractivity contribution in [2.75, 3.05) is 0 Å².